The number of carbonyl (C=O) groups excluding carboxylic acids is 2. The molecule has 21 heavy (non-hydrogen) atoms. The Morgan fingerprint density at radius 1 is 1.05 bits per heavy atom. The van der Waals surface area contributed by atoms with Crippen LogP contribution >= 0.6 is 0 Å². The number of amides is 2. The van der Waals surface area contributed by atoms with E-state index in [2.05, 4.69) is 10.6 Å². The van der Waals surface area contributed by atoms with Crippen molar-refractivity contribution in [3.05, 3.63) is 0 Å². The summed E-state index contributed by atoms with van der Waals surface area (Å²) in [4.78, 5) is 23.5. The Balaban J connectivity index is 1.38. The van der Waals surface area contributed by atoms with Gasteiger partial charge in [0, 0.05) is 25.4 Å². The summed E-state index contributed by atoms with van der Waals surface area (Å²) in [5.74, 6) is -1.52. The number of rotatable bonds is 3. The van der Waals surface area contributed by atoms with Crippen LogP contribution in [0.2, 0.25) is 0 Å². The Labute approximate surface area is 124 Å². The van der Waals surface area contributed by atoms with Gasteiger partial charge in [-0.3, -0.25) is 9.59 Å². The summed E-state index contributed by atoms with van der Waals surface area (Å²) in [6, 6.07) is 0.163. The first kappa shape index (κ1) is 14.8. The predicted octanol–water partition coefficient (Wildman–Crippen LogP) is 0.847. The Kier molecular flexibility index (Phi) is 4.45. The van der Waals surface area contributed by atoms with Gasteiger partial charge in [-0.1, -0.05) is 12.8 Å². The highest BCUT2D eigenvalue weighted by Gasteiger charge is 2.43. The lowest BCUT2D eigenvalue weighted by atomic mass is 10.2. The lowest BCUT2D eigenvalue weighted by molar-refractivity contribution is -0.161. The number of nitrogens with one attached hydrogen (secondary N) is 2. The lowest BCUT2D eigenvalue weighted by Crippen LogP contribution is -2.46. The first-order valence-corrected chi connectivity index (χ1v) is 8.07. The molecule has 0 radical (unpaired) electrons. The summed E-state index contributed by atoms with van der Waals surface area (Å²) >= 11 is 0. The van der Waals surface area contributed by atoms with Crippen LogP contribution < -0.4 is 10.6 Å². The third-order valence-electron chi connectivity index (χ3n) is 4.67. The third kappa shape index (κ3) is 3.55. The topological polar surface area (TPSA) is 76.7 Å². The van der Waals surface area contributed by atoms with Crippen molar-refractivity contribution in [3.8, 4) is 0 Å². The zero-order valence-corrected chi connectivity index (χ0v) is 12.4. The van der Waals surface area contributed by atoms with E-state index < -0.39 is 17.6 Å². The van der Waals surface area contributed by atoms with Crippen LogP contribution in [-0.2, 0) is 19.1 Å². The van der Waals surface area contributed by atoms with E-state index in [0.29, 0.717) is 13.2 Å². The zero-order chi connectivity index (χ0) is 14.7. The minimum Gasteiger partial charge on any atom is -0.347 e. The maximum Gasteiger partial charge on any atom is 0.309 e. The number of hydrogen-bond acceptors (Lipinski definition) is 4. The summed E-state index contributed by atoms with van der Waals surface area (Å²) in [6.45, 7) is 0.823. The lowest BCUT2D eigenvalue weighted by Gasteiger charge is -2.21. The minimum atomic E-state index is -0.571. The first-order valence-electron chi connectivity index (χ1n) is 8.07. The molecule has 0 aromatic heterocycles. The molecule has 1 aliphatic heterocycles. The molecule has 6 heteroatoms. The molecule has 1 heterocycles. The Bertz CT molecular complexity index is 400. The highest BCUT2D eigenvalue weighted by molar-refractivity contribution is 6.35. The Morgan fingerprint density at radius 3 is 2.48 bits per heavy atom. The van der Waals surface area contributed by atoms with Crippen molar-refractivity contribution in [2.45, 2.75) is 69.3 Å². The van der Waals surface area contributed by atoms with Crippen molar-refractivity contribution in [3.63, 3.8) is 0 Å². The standard InChI is InChI=1S/C15H24N2O4/c18-13(14(19)17-11-5-1-2-6-11)16-9-12-10-20-15(21-12)7-3-4-8-15/h11-12H,1-10H2,(H,16,18)(H,17,19). The maximum atomic E-state index is 11.8. The third-order valence-corrected chi connectivity index (χ3v) is 4.67. The van der Waals surface area contributed by atoms with Crippen molar-refractivity contribution in [1.29, 1.82) is 0 Å². The monoisotopic (exact) mass is 296 g/mol. The van der Waals surface area contributed by atoms with Gasteiger partial charge in [-0.25, -0.2) is 0 Å². The molecule has 1 spiro atoms. The van der Waals surface area contributed by atoms with Crippen molar-refractivity contribution in [2.24, 2.45) is 0 Å². The van der Waals surface area contributed by atoms with Gasteiger partial charge < -0.3 is 20.1 Å². The van der Waals surface area contributed by atoms with E-state index >= 15 is 0 Å². The van der Waals surface area contributed by atoms with E-state index in [1.54, 1.807) is 0 Å². The molecule has 1 saturated heterocycles. The molecule has 3 fully saturated rings. The maximum absolute atomic E-state index is 11.8. The van der Waals surface area contributed by atoms with Gasteiger partial charge in [-0.15, -0.1) is 0 Å². The molecule has 1 atom stereocenters. The van der Waals surface area contributed by atoms with Crippen LogP contribution in [0.15, 0.2) is 0 Å². The van der Waals surface area contributed by atoms with Crippen LogP contribution in [-0.4, -0.2) is 42.9 Å². The van der Waals surface area contributed by atoms with Gasteiger partial charge in [0.1, 0.15) is 6.10 Å². The molecule has 1 unspecified atom stereocenters. The highest BCUT2D eigenvalue weighted by Crippen LogP contribution is 2.38. The fraction of sp³-hybridized carbons (Fsp3) is 0.867. The molecule has 6 nitrogen and oxygen atoms in total. The van der Waals surface area contributed by atoms with Gasteiger partial charge in [-0.2, -0.15) is 0 Å². The molecule has 3 rings (SSSR count). The second-order valence-corrected chi connectivity index (χ2v) is 6.33. The quantitative estimate of drug-likeness (QED) is 0.757. The van der Waals surface area contributed by atoms with Crippen LogP contribution in [0.3, 0.4) is 0 Å². The van der Waals surface area contributed by atoms with Gasteiger partial charge in [0.15, 0.2) is 5.79 Å². The van der Waals surface area contributed by atoms with Crippen molar-refractivity contribution >= 4 is 11.8 Å². The van der Waals surface area contributed by atoms with Gasteiger partial charge in [0.25, 0.3) is 0 Å². The molecule has 2 saturated carbocycles. The number of carbonyl (C=O) groups is 2. The molecular formula is C15H24N2O4. The molecular weight excluding hydrogens is 272 g/mol. The van der Waals surface area contributed by atoms with Crippen LogP contribution in [0.1, 0.15) is 51.4 Å². The first-order chi connectivity index (χ1) is 10.2. The van der Waals surface area contributed by atoms with E-state index in [0.717, 1.165) is 51.4 Å². The molecule has 2 aliphatic carbocycles. The molecule has 0 bridgehead atoms. The normalized spacial score (nSPS) is 28.1. The van der Waals surface area contributed by atoms with Crippen LogP contribution in [0, 0.1) is 0 Å². The van der Waals surface area contributed by atoms with E-state index in [1.165, 1.54) is 0 Å². The Hall–Kier alpha value is -1.14. The summed E-state index contributed by atoms with van der Waals surface area (Å²) in [5.41, 5.74) is 0. The van der Waals surface area contributed by atoms with E-state index in [4.69, 9.17) is 9.47 Å². The van der Waals surface area contributed by atoms with E-state index in [1.807, 2.05) is 0 Å². The average Bonchev–Trinajstić information content (AvgIpc) is 3.21. The van der Waals surface area contributed by atoms with Crippen LogP contribution in [0.25, 0.3) is 0 Å². The summed E-state index contributed by atoms with van der Waals surface area (Å²) in [7, 11) is 0. The summed E-state index contributed by atoms with van der Waals surface area (Å²) in [6.07, 6.45) is 8.17. The smallest absolute Gasteiger partial charge is 0.309 e. The van der Waals surface area contributed by atoms with Crippen molar-refractivity contribution in [1.82, 2.24) is 10.6 Å². The second-order valence-electron chi connectivity index (χ2n) is 6.33. The molecule has 2 N–H and O–H groups in total. The number of ether oxygens (including phenoxy) is 2. The molecule has 3 aliphatic rings. The van der Waals surface area contributed by atoms with E-state index in [9.17, 15) is 9.59 Å². The summed E-state index contributed by atoms with van der Waals surface area (Å²) in [5, 5.41) is 5.43. The fourth-order valence-corrected chi connectivity index (χ4v) is 3.50. The highest BCUT2D eigenvalue weighted by atomic mass is 16.7. The second kappa shape index (κ2) is 6.32. The summed E-state index contributed by atoms with van der Waals surface area (Å²) < 4.78 is 11.6. The van der Waals surface area contributed by atoms with E-state index in [-0.39, 0.29) is 12.1 Å². The molecule has 0 aromatic rings. The Morgan fingerprint density at radius 2 is 1.76 bits per heavy atom. The number of hydrogen-bond donors (Lipinski definition) is 2. The van der Waals surface area contributed by atoms with Gasteiger partial charge >= 0.3 is 11.8 Å². The predicted molar refractivity (Wildman–Crippen MR) is 75.4 cm³/mol. The molecule has 0 aromatic carbocycles. The average molecular weight is 296 g/mol. The van der Waals surface area contributed by atoms with Crippen LogP contribution in [0.4, 0.5) is 0 Å². The van der Waals surface area contributed by atoms with Crippen molar-refractivity contribution in [2.75, 3.05) is 13.2 Å². The SMILES string of the molecule is O=C(NCC1COC2(CCCC2)O1)C(=O)NC1CCCC1. The largest absolute Gasteiger partial charge is 0.347 e. The van der Waals surface area contributed by atoms with Gasteiger partial charge in [0.05, 0.1) is 6.61 Å². The minimum absolute atomic E-state index is 0.147. The van der Waals surface area contributed by atoms with Crippen LogP contribution in [0.5, 0.6) is 0 Å². The van der Waals surface area contributed by atoms with Gasteiger partial charge in [0.2, 0.25) is 0 Å². The van der Waals surface area contributed by atoms with Crippen molar-refractivity contribution < 1.29 is 19.1 Å². The molecule has 2 amide bonds. The zero-order valence-electron chi connectivity index (χ0n) is 12.4. The molecule has 118 valence electrons. The fourth-order valence-electron chi connectivity index (χ4n) is 3.50. The van der Waals surface area contributed by atoms with Gasteiger partial charge in [-0.05, 0) is 25.7 Å².